The maximum absolute atomic E-state index is 12.3. The average molecular weight is 547 g/mol. The van der Waals surface area contributed by atoms with Gasteiger partial charge in [-0.25, -0.2) is 22.6 Å². The van der Waals surface area contributed by atoms with Crippen LogP contribution in [0, 0.1) is 11.3 Å². The summed E-state index contributed by atoms with van der Waals surface area (Å²) in [7, 11) is -0.501. The molecule has 0 unspecified atom stereocenters. The third kappa shape index (κ3) is 5.31. The minimum Gasteiger partial charge on any atom is -0.495 e. The van der Waals surface area contributed by atoms with Crippen molar-refractivity contribution in [2.45, 2.75) is 43.0 Å². The van der Waals surface area contributed by atoms with Crippen LogP contribution in [0.5, 0.6) is 5.75 Å². The van der Waals surface area contributed by atoms with E-state index in [1.54, 1.807) is 23.9 Å². The van der Waals surface area contributed by atoms with Gasteiger partial charge >= 0.3 is 0 Å². The molecule has 4 aromatic rings. The summed E-state index contributed by atoms with van der Waals surface area (Å²) in [6.45, 7) is 0. The number of aromatic nitrogens is 3. The van der Waals surface area contributed by atoms with Gasteiger partial charge < -0.3 is 15.2 Å². The number of aliphatic hydroxyl groups excluding tert-OH is 1. The van der Waals surface area contributed by atoms with Gasteiger partial charge in [0.25, 0.3) is 0 Å². The van der Waals surface area contributed by atoms with E-state index in [4.69, 9.17) is 4.74 Å². The van der Waals surface area contributed by atoms with Crippen LogP contribution in [-0.4, -0.2) is 48.4 Å². The molecule has 2 heterocycles. The van der Waals surface area contributed by atoms with E-state index >= 15 is 0 Å². The molecule has 0 spiro atoms. The number of ether oxygens (including phenoxy) is 1. The van der Waals surface area contributed by atoms with E-state index < -0.39 is 15.4 Å². The lowest BCUT2D eigenvalue weighted by molar-refractivity contribution is 0.109. The average Bonchev–Trinajstić information content (AvgIpc) is 3.37. The number of rotatable bonds is 8. The van der Waals surface area contributed by atoms with Crippen molar-refractivity contribution in [3.8, 4) is 23.1 Å². The van der Waals surface area contributed by atoms with Gasteiger partial charge in [0.05, 0.1) is 53.5 Å². The number of nitriles is 1. The van der Waals surface area contributed by atoms with Gasteiger partial charge in [0.15, 0.2) is 0 Å². The van der Waals surface area contributed by atoms with Crippen molar-refractivity contribution in [1.29, 1.82) is 5.26 Å². The van der Waals surface area contributed by atoms with Gasteiger partial charge in [0.1, 0.15) is 5.75 Å². The van der Waals surface area contributed by atoms with E-state index in [1.807, 2.05) is 48.5 Å². The summed E-state index contributed by atoms with van der Waals surface area (Å²) in [6, 6.07) is 19.2. The van der Waals surface area contributed by atoms with Crippen molar-refractivity contribution in [2.75, 3.05) is 19.5 Å². The molecule has 202 valence electrons. The molecule has 5 rings (SSSR count). The monoisotopic (exact) mass is 546 g/mol. The minimum absolute atomic E-state index is 0.157. The molecule has 2 aromatic heterocycles. The smallest absolute Gasteiger partial charge is 0.245 e. The molecular formula is C28H30N6O4S. The third-order valence-corrected chi connectivity index (χ3v) is 8.68. The Morgan fingerprint density at radius 3 is 2.67 bits per heavy atom. The summed E-state index contributed by atoms with van der Waals surface area (Å²) in [5.41, 5.74) is 3.72. The zero-order valence-corrected chi connectivity index (χ0v) is 22.6. The standard InChI is InChI=1S/C28H30N6O4S/c1-30-39(36,37)17-19-5-3-4-6-23(19)25-10-8-21-16-31-27(33-34(21)25)32-24-9-7-20(15-26(24)38-2)28(18-29)13-11-22(35)12-14-28/h3-10,15-16,22,30,35H,11-14,17H2,1-2H3,(H,32,33). The highest BCUT2D eigenvalue weighted by molar-refractivity contribution is 7.88. The van der Waals surface area contributed by atoms with E-state index in [0.29, 0.717) is 48.6 Å². The first-order valence-corrected chi connectivity index (χ1v) is 14.3. The molecule has 2 aromatic carbocycles. The number of aliphatic hydroxyl groups is 1. The molecule has 0 aliphatic heterocycles. The van der Waals surface area contributed by atoms with Gasteiger partial charge in [-0.3, -0.25) is 0 Å². The second-order valence-electron chi connectivity index (χ2n) is 9.72. The molecule has 3 N–H and O–H groups in total. The highest BCUT2D eigenvalue weighted by Crippen LogP contribution is 2.42. The van der Waals surface area contributed by atoms with Crippen LogP contribution in [0.3, 0.4) is 0 Å². The Labute approximate surface area is 227 Å². The van der Waals surface area contributed by atoms with Crippen LogP contribution >= 0.6 is 0 Å². The highest BCUT2D eigenvalue weighted by Gasteiger charge is 2.37. The number of fused-ring (bicyclic) bond motifs is 1. The summed E-state index contributed by atoms with van der Waals surface area (Å²) in [6.07, 6.45) is 3.69. The summed E-state index contributed by atoms with van der Waals surface area (Å²) < 4.78 is 34.3. The predicted octanol–water partition coefficient (Wildman–Crippen LogP) is 3.89. The second kappa shape index (κ2) is 10.6. The maximum Gasteiger partial charge on any atom is 0.245 e. The van der Waals surface area contributed by atoms with Crippen LogP contribution in [0.1, 0.15) is 36.8 Å². The molecule has 39 heavy (non-hydrogen) atoms. The Balaban J connectivity index is 1.48. The number of benzene rings is 2. The third-order valence-electron chi connectivity index (χ3n) is 7.37. The minimum atomic E-state index is -3.47. The number of nitrogens with zero attached hydrogens (tertiary/aromatic N) is 4. The van der Waals surface area contributed by atoms with Crippen LogP contribution in [0.2, 0.25) is 0 Å². The Hall–Kier alpha value is -3.98. The number of hydrogen-bond acceptors (Lipinski definition) is 8. The lowest BCUT2D eigenvalue weighted by Gasteiger charge is -2.33. The van der Waals surface area contributed by atoms with E-state index in [-0.39, 0.29) is 11.9 Å². The number of anilines is 2. The van der Waals surface area contributed by atoms with E-state index in [9.17, 15) is 18.8 Å². The topological polar surface area (TPSA) is 142 Å². The van der Waals surface area contributed by atoms with Crippen molar-refractivity contribution < 1.29 is 18.3 Å². The Morgan fingerprint density at radius 1 is 1.18 bits per heavy atom. The van der Waals surface area contributed by atoms with Gasteiger partial charge in [-0.05, 0) is 68.1 Å². The number of nitrogens with one attached hydrogen (secondary N) is 2. The molecule has 1 saturated carbocycles. The Morgan fingerprint density at radius 2 is 1.95 bits per heavy atom. The Kier molecular flexibility index (Phi) is 7.27. The van der Waals surface area contributed by atoms with Crippen LogP contribution in [-0.2, 0) is 21.2 Å². The fourth-order valence-electron chi connectivity index (χ4n) is 5.11. The first-order chi connectivity index (χ1) is 18.8. The fourth-order valence-corrected chi connectivity index (χ4v) is 5.91. The SMILES string of the molecule is CNS(=O)(=O)Cc1ccccc1-c1ccc2cnc(Nc3ccc(C4(C#N)CCC(O)CC4)cc3OC)nn12. The summed E-state index contributed by atoms with van der Waals surface area (Å²) in [5.74, 6) is 0.713. The number of hydrogen-bond donors (Lipinski definition) is 3. The zero-order chi connectivity index (χ0) is 27.6. The molecule has 0 saturated heterocycles. The van der Waals surface area contributed by atoms with Crippen molar-refractivity contribution in [2.24, 2.45) is 0 Å². The lowest BCUT2D eigenvalue weighted by atomic mass is 9.70. The summed E-state index contributed by atoms with van der Waals surface area (Å²) >= 11 is 0. The largest absolute Gasteiger partial charge is 0.495 e. The first kappa shape index (κ1) is 26.6. The van der Waals surface area contributed by atoms with Crippen LogP contribution < -0.4 is 14.8 Å². The number of methoxy groups -OCH3 is 1. The van der Waals surface area contributed by atoms with Crippen LogP contribution in [0.25, 0.3) is 16.8 Å². The van der Waals surface area contributed by atoms with Crippen LogP contribution in [0.15, 0.2) is 60.8 Å². The van der Waals surface area contributed by atoms with Gasteiger partial charge in [0, 0.05) is 5.56 Å². The first-order valence-electron chi connectivity index (χ1n) is 12.7. The van der Waals surface area contributed by atoms with E-state index in [0.717, 1.165) is 22.3 Å². The van der Waals surface area contributed by atoms with E-state index in [2.05, 4.69) is 26.2 Å². The van der Waals surface area contributed by atoms with Gasteiger partial charge in [-0.15, -0.1) is 5.10 Å². The molecule has 10 nitrogen and oxygen atoms in total. The van der Waals surface area contributed by atoms with Crippen molar-refractivity contribution >= 4 is 27.2 Å². The van der Waals surface area contributed by atoms with Crippen LogP contribution in [0.4, 0.5) is 11.6 Å². The fraction of sp³-hybridized carbons (Fsp3) is 0.321. The molecule has 0 atom stereocenters. The van der Waals surface area contributed by atoms with Gasteiger partial charge in [-0.1, -0.05) is 30.3 Å². The summed E-state index contributed by atoms with van der Waals surface area (Å²) in [5, 5.41) is 27.8. The molecule has 1 aliphatic rings. The van der Waals surface area contributed by atoms with Gasteiger partial charge in [0.2, 0.25) is 16.0 Å². The number of sulfonamides is 1. The van der Waals surface area contributed by atoms with E-state index in [1.165, 1.54) is 7.05 Å². The van der Waals surface area contributed by atoms with Gasteiger partial charge in [-0.2, -0.15) is 5.26 Å². The summed E-state index contributed by atoms with van der Waals surface area (Å²) in [4.78, 5) is 4.45. The molecule has 1 fully saturated rings. The highest BCUT2D eigenvalue weighted by atomic mass is 32.2. The van der Waals surface area contributed by atoms with Crippen molar-refractivity contribution in [3.05, 3.63) is 71.9 Å². The molecule has 0 radical (unpaired) electrons. The second-order valence-corrected chi connectivity index (χ2v) is 11.6. The molecule has 0 amide bonds. The predicted molar refractivity (Wildman–Crippen MR) is 148 cm³/mol. The Bertz CT molecular complexity index is 1650. The molecular weight excluding hydrogens is 516 g/mol. The quantitative estimate of drug-likeness (QED) is 0.302. The molecule has 1 aliphatic carbocycles. The van der Waals surface area contributed by atoms with Crippen molar-refractivity contribution in [3.63, 3.8) is 0 Å². The normalized spacial score (nSPS) is 19.5. The van der Waals surface area contributed by atoms with Crippen molar-refractivity contribution in [1.82, 2.24) is 19.3 Å². The maximum atomic E-state index is 12.3. The zero-order valence-electron chi connectivity index (χ0n) is 21.8. The molecule has 11 heteroatoms. The lowest BCUT2D eigenvalue weighted by Crippen LogP contribution is -2.32. The molecule has 0 bridgehead atoms.